The van der Waals surface area contributed by atoms with E-state index in [1.165, 1.54) is 11.9 Å². The summed E-state index contributed by atoms with van der Waals surface area (Å²) in [5.74, 6) is -1.96. The Balaban J connectivity index is 1.75. The first-order chi connectivity index (χ1) is 16.0. The predicted molar refractivity (Wildman–Crippen MR) is 116 cm³/mol. The monoisotopic (exact) mass is 498 g/mol. The molecule has 2 aromatic rings. The highest BCUT2D eigenvalue weighted by atomic mass is 35.5. The summed E-state index contributed by atoms with van der Waals surface area (Å²) in [6.45, 7) is -1.57. The molecule has 1 heterocycles. The number of esters is 1. The van der Waals surface area contributed by atoms with E-state index in [9.17, 15) is 32.3 Å². The Kier molecular flexibility index (Phi) is 7.50. The molecule has 1 unspecified atom stereocenters. The molecule has 1 aromatic carbocycles. The molecule has 7 nitrogen and oxygen atoms in total. The number of alkyl halides is 3. The Bertz CT molecular complexity index is 1160. The minimum absolute atomic E-state index is 0.190. The maximum atomic E-state index is 13.1. The lowest BCUT2D eigenvalue weighted by atomic mass is 9.74. The Morgan fingerprint density at radius 2 is 1.85 bits per heavy atom. The van der Waals surface area contributed by atoms with E-state index in [1.54, 1.807) is 24.3 Å². The van der Waals surface area contributed by atoms with Crippen molar-refractivity contribution in [2.24, 2.45) is 0 Å². The van der Waals surface area contributed by atoms with Gasteiger partial charge in [-0.05, 0) is 31.4 Å². The summed E-state index contributed by atoms with van der Waals surface area (Å²) in [6.07, 6.45) is -2.25. The van der Waals surface area contributed by atoms with Gasteiger partial charge in [-0.15, -0.1) is 0 Å². The highest BCUT2D eigenvalue weighted by Crippen LogP contribution is 2.42. The molecule has 1 saturated carbocycles. The fourth-order valence-corrected chi connectivity index (χ4v) is 4.38. The molecule has 3 rings (SSSR count). The number of nitrogens with zero attached hydrogens (tertiary/aromatic N) is 2. The summed E-state index contributed by atoms with van der Waals surface area (Å²) >= 11 is 6.35. The number of hydrogen-bond acceptors (Lipinski definition) is 5. The summed E-state index contributed by atoms with van der Waals surface area (Å²) in [4.78, 5) is 51.2. The number of ether oxygens (including phenoxy) is 1. The first kappa shape index (κ1) is 25.5. The average molecular weight is 499 g/mol. The van der Waals surface area contributed by atoms with Crippen molar-refractivity contribution in [1.29, 1.82) is 0 Å². The van der Waals surface area contributed by atoms with Crippen LogP contribution in [0.1, 0.15) is 36.8 Å². The van der Waals surface area contributed by atoms with Gasteiger partial charge >= 0.3 is 12.1 Å². The number of likely N-dealkylation sites (N-methyl/N-ethyl adjacent to an activating group) is 1. The lowest BCUT2D eigenvalue weighted by Crippen LogP contribution is -2.55. The molecule has 0 aliphatic heterocycles. The largest absolute Gasteiger partial charge is 0.454 e. The number of hydrogen-bond donors (Lipinski definition) is 0. The molecule has 0 radical (unpaired) electrons. The summed E-state index contributed by atoms with van der Waals surface area (Å²) in [6, 6.07) is 7.99. The standard InChI is InChI=1S/C23H22ClF3N2O5/c1-28(22(11-5-4-8-18(22)30)16-6-2-3-7-17(16)24)20(32)14-34-21(33)13-29-12-15(23(25,26)27)9-10-19(29)31/h2-3,6-7,9-10,12H,4-5,8,11,13-14H2,1H3. The number of pyridine rings is 1. The zero-order chi connectivity index (χ0) is 25.1. The summed E-state index contributed by atoms with van der Waals surface area (Å²) in [5.41, 5.74) is -2.79. The van der Waals surface area contributed by atoms with Gasteiger partial charge in [-0.3, -0.25) is 19.2 Å². The van der Waals surface area contributed by atoms with Crippen LogP contribution in [0.5, 0.6) is 0 Å². The normalized spacial score (nSPS) is 18.4. The van der Waals surface area contributed by atoms with E-state index >= 15 is 0 Å². The van der Waals surface area contributed by atoms with Crippen LogP contribution >= 0.6 is 11.6 Å². The van der Waals surface area contributed by atoms with Crippen molar-refractivity contribution in [1.82, 2.24) is 9.47 Å². The topological polar surface area (TPSA) is 85.7 Å². The molecule has 1 amide bonds. The van der Waals surface area contributed by atoms with Crippen LogP contribution in [0.2, 0.25) is 5.02 Å². The Hall–Kier alpha value is -3.14. The molecule has 34 heavy (non-hydrogen) atoms. The second-order valence-corrected chi connectivity index (χ2v) is 8.37. The number of amides is 1. The molecule has 1 atom stereocenters. The smallest absolute Gasteiger partial charge is 0.417 e. The van der Waals surface area contributed by atoms with Gasteiger partial charge in [-0.25, -0.2) is 0 Å². The number of benzene rings is 1. The zero-order valence-electron chi connectivity index (χ0n) is 18.2. The van der Waals surface area contributed by atoms with E-state index in [1.807, 2.05) is 0 Å². The molecule has 0 saturated heterocycles. The summed E-state index contributed by atoms with van der Waals surface area (Å²) < 4.78 is 44.1. The van der Waals surface area contributed by atoms with Crippen molar-refractivity contribution >= 4 is 29.3 Å². The van der Waals surface area contributed by atoms with Crippen LogP contribution in [0.3, 0.4) is 0 Å². The van der Waals surface area contributed by atoms with Gasteiger partial charge < -0.3 is 14.2 Å². The average Bonchev–Trinajstić information content (AvgIpc) is 2.78. The Labute approximate surface area is 198 Å². The first-order valence-corrected chi connectivity index (χ1v) is 10.8. The van der Waals surface area contributed by atoms with Crippen LogP contribution in [0, 0.1) is 0 Å². The number of carbonyl (C=O) groups excluding carboxylic acids is 3. The highest BCUT2D eigenvalue weighted by Gasteiger charge is 2.48. The number of carbonyl (C=O) groups is 3. The molecular formula is C23H22ClF3N2O5. The van der Waals surface area contributed by atoms with Crippen molar-refractivity contribution in [3.05, 3.63) is 69.1 Å². The molecule has 11 heteroatoms. The van der Waals surface area contributed by atoms with E-state index in [-0.39, 0.29) is 12.2 Å². The quantitative estimate of drug-likeness (QED) is 0.568. The lowest BCUT2D eigenvalue weighted by molar-refractivity contribution is -0.158. The Morgan fingerprint density at radius 1 is 1.15 bits per heavy atom. The minimum Gasteiger partial charge on any atom is -0.454 e. The number of Topliss-reactive ketones (excluding diaryl/α,β-unsaturated/α-hetero) is 1. The highest BCUT2D eigenvalue weighted by molar-refractivity contribution is 6.31. The van der Waals surface area contributed by atoms with Crippen LogP contribution in [0.15, 0.2) is 47.4 Å². The van der Waals surface area contributed by atoms with E-state index in [4.69, 9.17) is 16.3 Å². The van der Waals surface area contributed by atoms with Gasteiger partial charge in [-0.2, -0.15) is 13.2 Å². The third-order valence-corrected chi connectivity index (χ3v) is 6.22. The molecule has 0 bridgehead atoms. The van der Waals surface area contributed by atoms with Gasteiger partial charge in [0.25, 0.3) is 11.5 Å². The van der Waals surface area contributed by atoms with Crippen molar-refractivity contribution in [3.8, 4) is 0 Å². The number of aromatic nitrogens is 1. The van der Waals surface area contributed by atoms with Crippen LogP contribution in [-0.2, 0) is 37.4 Å². The zero-order valence-corrected chi connectivity index (χ0v) is 19.0. The van der Waals surface area contributed by atoms with Crippen LogP contribution in [0.25, 0.3) is 0 Å². The van der Waals surface area contributed by atoms with Gasteiger partial charge in [0.2, 0.25) is 0 Å². The summed E-state index contributed by atoms with van der Waals surface area (Å²) in [7, 11) is 1.42. The molecule has 0 spiro atoms. The first-order valence-electron chi connectivity index (χ1n) is 10.4. The van der Waals surface area contributed by atoms with Crippen molar-refractivity contribution in [2.75, 3.05) is 13.7 Å². The maximum Gasteiger partial charge on any atom is 0.417 e. The SMILES string of the molecule is CN(C(=O)COC(=O)Cn1cc(C(F)(F)F)ccc1=O)C1(c2ccccc2Cl)CCCCC1=O. The number of ketones is 1. The van der Waals surface area contributed by atoms with E-state index in [2.05, 4.69) is 0 Å². The molecular weight excluding hydrogens is 477 g/mol. The van der Waals surface area contributed by atoms with Crippen molar-refractivity contribution < 1.29 is 32.3 Å². The van der Waals surface area contributed by atoms with Crippen LogP contribution in [-0.4, -0.2) is 40.8 Å². The molecule has 182 valence electrons. The third kappa shape index (κ3) is 5.16. The van der Waals surface area contributed by atoms with Crippen molar-refractivity contribution in [2.45, 2.75) is 43.9 Å². The molecule has 1 fully saturated rings. The number of halogens is 4. The molecule has 1 aliphatic carbocycles. The van der Waals surface area contributed by atoms with Crippen LogP contribution in [0.4, 0.5) is 13.2 Å². The predicted octanol–water partition coefficient (Wildman–Crippen LogP) is 3.56. The lowest BCUT2D eigenvalue weighted by Gasteiger charge is -2.43. The molecule has 1 aliphatic rings. The second kappa shape index (κ2) is 10.0. The van der Waals surface area contributed by atoms with E-state index in [0.717, 1.165) is 0 Å². The van der Waals surface area contributed by atoms with E-state index in [0.29, 0.717) is 52.7 Å². The van der Waals surface area contributed by atoms with Crippen LogP contribution < -0.4 is 5.56 Å². The molecule has 0 N–H and O–H groups in total. The van der Waals surface area contributed by atoms with Gasteiger partial charge in [-0.1, -0.05) is 29.8 Å². The maximum absolute atomic E-state index is 13.1. The third-order valence-electron chi connectivity index (χ3n) is 5.89. The van der Waals surface area contributed by atoms with Crippen molar-refractivity contribution in [3.63, 3.8) is 0 Å². The fourth-order valence-electron chi connectivity index (χ4n) is 4.09. The number of rotatable bonds is 6. The molecule has 1 aromatic heterocycles. The minimum atomic E-state index is -4.70. The van der Waals surface area contributed by atoms with E-state index < -0.39 is 47.9 Å². The summed E-state index contributed by atoms with van der Waals surface area (Å²) in [5, 5.41) is 0.318. The van der Waals surface area contributed by atoms with Gasteiger partial charge in [0.1, 0.15) is 12.1 Å². The Morgan fingerprint density at radius 3 is 2.50 bits per heavy atom. The van der Waals surface area contributed by atoms with Gasteiger partial charge in [0.05, 0.1) is 5.56 Å². The van der Waals surface area contributed by atoms with Gasteiger partial charge in [0.15, 0.2) is 12.4 Å². The van der Waals surface area contributed by atoms with Gasteiger partial charge in [0, 0.05) is 36.3 Å². The fraction of sp³-hybridized carbons (Fsp3) is 0.391. The second-order valence-electron chi connectivity index (χ2n) is 7.97.